The van der Waals surface area contributed by atoms with Crippen LogP contribution >= 0.6 is 0 Å². The zero-order chi connectivity index (χ0) is 10.7. The predicted molar refractivity (Wildman–Crippen MR) is 59.1 cm³/mol. The van der Waals surface area contributed by atoms with E-state index in [2.05, 4.69) is 28.8 Å². The van der Waals surface area contributed by atoms with E-state index in [9.17, 15) is 0 Å². The van der Waals surface area contributed by atoms with Crippen molar-refractivity contribution in [2.24, 2.45) is 9.98 Å². The molecular formula is C12H17N3. The Morgan fingerprint density at radius 3 is 2.87 bits per heavy atom. The second-order valence-corrected chi connectivity index (χ2v) is 4.24. The summed E-state index contributed by atoms with van der Waals surface area (Å²) in [5.74, 6) is 0. The van der Waals surface area contributed by atoms with Crippen LogP contribution < -0.4 is 10.8 Å². The fourth-order valence-electron chi connectivity index (χ4n) is 1.90. The first kappa shape index (κ1) is 10.3. The van der Waals surface area contributed by atoms with Crippen LogP contribution in [0.25, 0.3) is 0 Å². The highest BCUT2D eigenvalue weighted by Crippen LogP contribution is 2.20. The highest BCUT2D eigenvalue weighted by Gasteiger charge is 2.24. The maximum atomic E-state index is 4.63. The van der Waals surface area contributed by atoms with Crippen LogP contribution in [0.5, 0.6) is 0 Å². The van der Waals surface area contributed by atoms with Gasteiger partial charge in [-0.2, -0.15) is 0 Å². The number of fused-ring (bicyclic) bond motifs is 1. The molecule has 2 heterocycles. The van der Waals surface area contributed by atoms with E-state index in [1.807, 2.05) is 12.1 Å². The van der Waals surface area contributed by atoms with Gasteiger partial charge in [0, 0.05) is 6.20 Å². The van der Waals surface area contributed by atoms with Gasteiger partial charge in [-0.1, -0.05) is 19.8 Å². The van der Waals surface area contributed by atoms with Gasteiger partial charge in [-0.25, -0.2) is 9.98 Å². The molecule has 0 radical (unpaired) electrons. The Bertz CT molecular complexity index is 415. The second-order valence-electron chi connectivity index (χ2n) is 4.24. The molecule has 0 aliphatic carbocycles. The van der Waals surface area contributed by atoms with E-state index in [0.717, 1.165) is 17.3 Å². The van der Waals surface area contributed by atoms with Gasteiger partial charge < -0.3 is 0 Å². The van der Waals surface area contributed by atoms with Crippen LogP contribution in [0.15, 0.2) is 28.3 Å². The Balaban J connectivity index is 2.17. The molecular weight excluding hydrogens is 186 g/mol. The molecule has 1 aliphatic heterocycles. The number of hydrogen-bond donors (Lipinski definition) is 0. The van der Waals surface area contributed by atoms with Gasteiger partial charge >= 0.3 is 0 Å². The van der Waals surface area contributed by atoms with E-state index in [1.54, 1.807) is 6.20 Å². The third-order valence-corrected chi connectivity index (χ3v) is 2.73. The molecule has 0 saturated heterocycles. The number of rotatable bonds is 4. The summed E-state index contributed by atoms with van der Waals surface area (Å²) in [6.45, 7) is 4.30. The van der Waals surface area contributed by atoms with E-state index in [0.29, 0.717) is 0 Å². The van der Waals surface area contributed by atoms with E-state index < -0.39 is 0 Å². The van der Waals surface area contributed by atoms with Crippen molar-refractivity contribution < 1.29 is 0 Å². The lowest BCUT2D eigenvalue weighted by Crippen LogP contribution is -2.24. The minimum atomic E-state index is -0.258. The van der Waals surface area contributed by atoms with E-state index in [1.165, 1.54) is 19.3 Å². The van der Waals surface area contributed by atoms with Crippen molar-refractivity contribution in [2.75, 3.05) is 0 Å². The minimum Gasteiger partial charge on any atom is -0.252 e. The van der Waals surface area contributed by atoms with Gasteiger partial charge in [-0.05, 0) is 31.9 Å². The topological polar surface area (TPSA) is 37.6 Å². The summed E-state index contributed by atoms with van der Waals surface area (Å²) in [5.41, 5.74) is 0.544. The Labute approximate surface area is 90.0 Å². The molecule has 0 amide bonds. The molecule has 3 nitrogen and oxygen atoms in total. The molecule has 1 atom stereocenters. The number of hydrogen-bond acceptors (Lipinski definition) is 3. The maximum absolute atomic E-state index is 4.63. The summed E-state index contributed by atoms with van der Waals surface area (Å²) in [5, 5.41) is 0.941. The molecule has 15 heavy (non-hydrogen) atoms. The molecule has 2 rings (SSSR count). The normalized spacial score (nSPS) is 23.1. The van der Waals surface area contributed by atoms with Crippen molar-refractivity contribution in [1.82, 2.24) is 4.98 Å². The van der Waals surface area contributed by atoms with Crippen molar-refractivity contribution in [2.45, 2.75) is 45.2 Å². The molecule has 0 N–H and O–H groups in total. The Morgan fingerprint density at radius 1 is 1.27 bits per heavy atom. The van der Waals surface area contributed by atoms with Gasteiger partial charge in [-0.15, -0.1) is 0 Å². The zero-order valence-electron chi connectivity index (χ0n) is 9.40. The lowest BCUT2D eigenvalue weighted by atomic mass is 10.1. The quantitative estimate of drug-likeness (QED) is 0.685. The molecule has 0 saturated carbocycles. The first-order valence-electron chi connectivity index (χ1n) is 5.64. The Hall–Kier alpha value is -1.25. The largest absolute Gasteiger partial charge is 0.252 e. The Kier molecular flexibility index (Phi) is 2.80. The lowest BCUT2D eigenvalue weighted by molar-refractivity contribution is 0.428. The fourth-order valence-corrected chi connectivity index (χ4v) is 1.90. The summed E-state index contributed by atoms with van der Waals surface area (Å²) in [4.78, 5) is 13.4. The van der Waals surface area contributed by atoms with Gasteiger partial charge in [0.05, 0.1) is 0 Å². The van der Waals surface area contributed by atoms with Crippen LogP contribution in [-0.2, 0) is 0 Å². The van der Waals surface area contributed by atoms with Crippen LogP contribution in [0, 0.1) is 0 Å². The van der Waals surface area contributed by atoms with Gasteiger partial charge in [0.25, 0.3) is 0 Å². The first-order chi connectivity index (χ1) is 7.23. The highest BCUT2D eigenvalue weighted by atomic mass is 15.1. The van der Waals surface area contributed by atoms with Crippen molar-refractivity contribution in [3.05, 3.63) is 29.2 Å². The molecule has 0 aromatic carbocycles. The average molecular weight is 203 g/mol. The molecule has 0 spiro atoms. The second kappa shape index (κ2) is 4.09. The summed E-state index contributed by atoms with van der Waals surface area (Å²) in [6.07, 6.45) is 6.48. The summed E-state index contributed by atoms with van der Waals surface area (Å²) in [6, 6.07) is 3.90. The van der Waals surface area contributed by atoms with Crippen LogP contribution in [0.1, 0.15) is 39.5 Å². The number of unbranched alkanes of at least 4 members (excludes halogenated alkanes) is 2. The number of pyridine rings is 1. The van der Waals surface area contributed by atoms with Crippen LogP contribution in [0.2, 0.25) is 0 Å². The third-order valence-electron chi connectivity index (χ3n) is 2.73. The predicted octanol–water partition coefficient (Wildman–Crippen LogP) is 1.63. The number of nitrogens with zero attached hydrogens (tertiary/aromatic N) is 3. The monoisotopic (exact) mass is 203 g/mol. The van der Waals surface area contributed by atoms with Crippen LogP contribution in [0.3, 0.4) is 0 Å². The van der Waals surface area contributed by atoms with Crippen molar-refractivity contribution in [1.29, 1.82) is 0 Å². The Morgan fingerprint density at radius 2 is 2.13 bits per heavy atom. The molecule has 0 bridgehead atoms. The SMILES string of the molecule is CCCCCC1(C)N=c2cccnc2=N1. The fraction of sp³-hybridized carbons (Fsp3) is 0.583. The van der Waals surface area contributed by atoms with Crippen molar-refractivity contribution >= 4 is 0 Å². The smallest absolute Gasteiger partial charge is 0.175 e. The lowest BCUT2D eigenvalue weighted by Gasteiger charge is -2.16. The summed E-state index contributed by atoms with van der Waals surface area (Å²) in [7, 11) is 0. The summed E-state index contributed by atoms with van der Waals surface area (Å²) >= 11 is 0. The molecule has 1 unspecified atom stereocenters. The molecule has 1 aliphatic rings. The summed E-state index contributed by atoms with van der Waals surface area (Å²) < 4.78 is 0. The molecule has 0 fully saturated rings. The van der Waals surface area contributed by atoms with Gasteiger partial charge in [0.1, 0.15) is 5.36 Å². The van der Waals surface area contributed by atoms with Crippen LogP contribution in [-0.4, -0.2) is 10.6 Å². The van der Waals surface area contributed by atoms with E-state index in [4.69, 9.17) is 0 Å². The molecule has 1 aromatic heterocycles. The van der Waals surface area contributed by atoms with E-state index >= 15 is 0 Å². The zero-order valence-corrected chi connectivity index (χ0v) is 9.40. The molecule has 80 valence electrons. The van der Waals surface area contributed by atoms with Gasteiger partial charge in [0.15, 0.2) is 11.2 Å². The van der Waals surface area contributed by atoms with Crippen molar-refractivity contribution in [3.8, 4) is 0 Å². The van der Waals surface area contributed by atoms with Gasteiger partial charge in [-0.3, -0.25) is 4.99 Å². The van der Waals surface area contributed by atoms with E-state index in [-0.39, 0.29) is 5.66 Å². The highest BCUT2D eigenvalue weighted by molar-refractivity contribution is 4.99. The molecule has 1 aromatic rings. The molecule has 3 heteroatoms. The third kappa shape index (κ3) is 2.22. The minimum absolute atomic E-state index is 0.258. The average Bonchev–Trinajstić information content (AvgIpc) is 2.54. The first-order valence-corrected chi connectivity index (χ1v) is 5.64. The standard InChI is InChI=1S/C12H17N3/c1-3-4-5-8-12(2)14-10-7-6-9-13-11(10)15-12/h6-7,9H,3-5,8H2,1-2H3. The maximum Gasteiger partial charge on any atom is 0.175 e. The number of aromatic nitrogens is 1. The van der Waals surface area contributed by atoms with Crippen LogP contribution in [0.4, 0.5) is 0 Å². The van der Waals surface area contributed by atoms with Crippen molar-refractivity contribution in [3.63, 3.8) is 0 Å². The van der Waals surface area contributed by atoms with Gasteiger partial charge in [0.2, 0.25) is 0 Å².